The molecule has 52 heavy (non-hydrogen) atoms. The van der Waals surface area contributed by atoms with Crippen molar-refractivity contribution in [3.8, 4) is 17.1 Å². The molecule has 4 atom stereocenters. The molecular formula is C38H49ClFN7O5. The quantitative estimate of drug-likeness (QED) is 0.206. The van der Waals surface area contributed by atoms with Gasteiger partial charge in [0.15, 0.2) is 5.82 Å². The molecule has 0 saturated carbocycles. The van der Waals surface area contributed by atoms with E-state index in [4.69, 9.17) is 40.6 Å². The summed E-state index contributed by atoms with van der Waals surface area (Å²) < 4.78 is 43.0. The second-order valence-corrected chi connectivity index (χ2v) is 15.9. The van der Waals surface area contributed by atoms with Crippen LogP contribution in [0.25, 0.3) is 32.9 Å². The molecule has 0 spiro atoms. The third-order valence-corrected chi connectivity index (χ3v) is 10.4. The molecule has 0 radical (unpaired) electrons. The van der Waals surface area contributed by atoms with Gasteiger partial charge in [-0.25, -0.2) is 13.9 Å². The van der Waals surface area contributed by atoms with Crippen molar-refractivity contribution in [2.24, 2.45) is 0 Å². The number of halogens is 2. The number of likely N-dealkylation sites (N-methyl/N-ethyl adjacent to an activating group) is 1. The normalized spacial score (nSPS) is 23.4. The number of carbonyl (C=O) groups excluding carboxylic acids is 1. The van der Waals surface area contributed by atoms with E-state index in [2.05, 4.69) is 14.8 Å². The van der Waals surface area contributed by atoms with Crippen LogP contribution in [0.2, 0.25) is 5.02 Å². The van der Waals surface area contributed by atoms with E-state index in [1.54, 1.807) is 11.0 Å². The first-order chi connectivity index (χ1) is 24.8. The fourth-order valence-electron chi connectivity index (χ4n) is 7.41. The molecular weight excluding hydrogens is 689 g/mol. The molecule has 0 bridgehead atoms. The SMILES string of the molecule is Cc1ccc2cn(C3CCCCO3)nc2c1-c1c(Cl)cc2c(N3C[C@@H](C)N(C(=O)OC(C)(C)C)C[C@@H]3C)nc(OCC3CN(C)CCO3)nc2c1F. The van der Waals surface area contributed by atoms with Gasteiger partial charge in [0.1, 0.15) is 41.4 Å². The summed E-state index contributed by atoms with van der Waals surface area (Å²) in [7, 11) is 2.04. The average Bonchev–Trinajstić information content (AvgIpc) is 3.53. The Balaban J connectivity index is 1.32. The van der Waals surface area contributed by atoms with Crippen LogP contribution >= 0.6 is 11.6 Å². The average molecular weight is 738 g/mol. The molecule has 7 rings (SSSR count). The predicted molar refractivity (Wildman–Crippen MR) is 199 cm³/mol. The zero-order chi connectivity index (χ0) is 36.9. The molecule has 14 heteroatoms. The van der Waals surface area contributed by atoms with Crippen molar-refractivity contribution in [3.63, 3.8) is 0 Å². The summed E-state index contributed by atoms with van der Waals surface area (Å²) in [6, 6.07) is 5.30. The summed E-state index contributed by atoms with van der Waals surface area (Å²) in [5.41, 5.74) is 1.75. The number of nitrogens with zero attached hydrogens (tertiary/aromatic N) is 7. The molecule has 3 fully saturated rings. The van der Waals surface area contributed by atoms with E-state index in [9.17, 15) is 4.79 Å². The Labute approximate surface area is 309 Å². The Morgan fingerprint density at radius 2 is 1.85 bits per heavy atom. The van der Waals surface area contributed by atoms with E-state index in [-0.39, 0.29) is 59.2 Å². The van der Waals surface area contributed by atoms with Gasteiger partial charge in [-0.3, -0.25) is 0 Å². The van der Waals surface area contributed by atoms with Crippen molar-refractivity contribution < 1.29 is 28.1 Å². The summed E-state index contributed by atoms with van der Waals surface area (Å²) >= 11 is 7.09. The number of benzene rings is 2. The van der Waals surface area contributed by atoms with Gasteiger partial charge in [0.25, 0.3) is 0 Å². The number of aromatic nitrogens is 4. The van der Waals surface area contributed by atoms with Crippen molar-refractivity contribution in [2.45, 2.75) is 90.8 Å². The molecule has 12 nitrogen and oxygen atoms in total. The van der Waals surface area contributed by atoms with Crippen LogP contribution < -0.4 is 9.64 Å². The van der Waals surface area contributed by atoms with Gasteiger partial charge in [0, 0.05) is 73.0 Å². The fraction of sp³-hybridized carbons (Fsp3) is 0.579. The van der Waals surface area contributed by atoms with Crippen LogP contribution in [0, 0.1) is 12.7 Å². The molecule has 4 aromatic rings. The smallest absolute Gasteiger partial charge is 0.410 e. The lowest BCUT2D eigenvalue weighted by Crippen LogP contribution is -2.59. The molecule has 1 amide bonds. The van der Waals surface area contributed by atoms with Crippen molar-refractivity contribution in [3.05, 3.63) is 40.8 Å². The third-order valence-electron chi connectivity index (χ3n) is 10.1. The van der Waals surface area contributed by atoms with Crippen LogP contribution in [0.5, 0.6) is 6.01 Å². The van der Waals surface area contributed by atoms with Gasteiger partial charge in [-0.05, 0) is 79.5 Å². The van der Waals surface area contributed by atoms with E-state index < -0.39 is 11.4 Å². The maximum absolute atomic E-state index is 17.3. The highest BCUT2D eigenvalue weighted by Gasteiger charge is 2.37. The molecule has 2 aromatic heterocycles. The van der Waals surface area contributed by atoms with E-state index in [0.29, 0.717) is 55.1 Å². The maximum Gasteiger partial charge on any atom is 0.410 e. The Morgan fingerprint density at radius 3 is 2.58 bits per heavy atom. The van der Waals surface area contributed by atoms with Gasteiger partial charge < -0.3 is 33.6 Å². The number of piperazine rings is 1. The molecule has 5 heterocycles. The van der Waals surface area contributed by atoms with E-state index in [0.717, 1.165) is 36.8 Å². The molecule has 0 aliphatic carbocycles. The van der Waals surface area contributed by atoms with E-state index in [1.807, 2.05) is 71.6 Å². The van der Waals surface area contributed by atoms with Crippen molar-refractivity contribution in [1.82, 2.24) is 29.5 Å². The highest BCUT2D eigenvalue weighted by atomic mass is 35.5. The largest absolute Gasteiger partial charge is 0.461 e. The first-order valence-electron chi connectivity index (χ1n) is 18.3. The van der Waals surface area contributed by atoms with Crippen molar-refractivity contribution in [2.75, 3.05) is 57.9 Å². The number of hydrogen-bond donors (Lipinski definition) is 0. The zero-order valence-electron chi connectivity index (χ0n) is 31.1. The van der Waals surface area contributed by atoms with Gasteiger partial charge in [-0.2, -0.15) is 15.1 Å². The van der Waals surface area contributed by atoms with Crippen LogP contribution in [0.15, 0.2) is 24.4 Å². The van der Waals surface area contributed by atoms with E-state index >= 15 is 4.39 Å². The lowest BCUT2D eigenvalue weighted by atomic mass is 9.96. The van der Waals surface area contributed by atoms with E-state index in [1.165, 1.54) is 0 Å². The minimum atomic E-state index is -0.625. The second kappa shape index (κ2) is 14.6. The van der Waals surface area contributed by atoms with Gasteiger partial charge in [0.05, 0.1) is 11.6 Å². The van der Waals surface area contributed by atoms with Gasteiger partial charge in [-0.1, -0.05) is 23.7 Å². The van der Waals surface area contributed by atoms with Crippen molar-refractivity contribution >= 4 is 45.3 Å². The second-order valence-electron chi connectivity index (χ2n) is 15.4. The Hall–Kier alpha value is -3.78. The number of amides is 1. The fourth-order valence-corrected chi connectivity index (χ4v) is 7.69. The summed E-state index contributed by atoms with van der Waals surface area (Å²) in [6.07, 6.45) is 4.17. The van der Waals surface area contributed by atoms with Gasteiger partial charge in [0.2, 0.25) is 0 Å². The first kappa shape index (κ1) is 36.6. The summed E-state index contributed by atoms with van der Waals surface area (Å²) in [4.78, 5) is 28.7. The molecule has 0 N–H and O–H groups in total. The number of anilines is 1. The number of fused-ring (bicyclic) bond motifs is 2. The molecule has 3 aliphatic heterocycles. The van der Waals surface area contributed by atoms with Gasteiger partial charge >= 0.3 is 12.1 Å². The summed E-state index contributed by atoms with van der Waals surface area (Å²) in [5, 5.41) is 6.46. The Bertz CT molecular complexity index is 1960. The number of ether oxygens (including phenoxy) is 4. The molecule has 3 aliphatic rings. The number of carbonyl (C=O) groups is 1. The maximum atomic E-state index is 17.3. The number of morpholine rings is 1. The monoisotopic (exact) mass is 737 g/mol. The lowest BCUT2D eigenvalue weighted by Gasteiger charge is -2.45. The lowest BCUT2D eigenvalue weighted by molar-refractivity contribution is -0.0416. The van der Waals surface area contributed by atoms with Crippen molar-refractivity contribution in [1.29, 1.82) is 0 Å². The number of rotatable bonds is 6. The minimum Gasteiger partial charge on any atom is -0.461 e. The number of hydrogen-bond acceptors (Lipinski definition) is 10. The zero-order valence-corrected chi connectivity index (χ0v) is 31.9. The summed E-state index contributed by atoms with van der Waals surface area (Å²) in [5.74, 6) is -0.109. The highest BCUT2D eigenvalue weighted by Crippen LogP contribution is 2.43. The molecule has 2 unspecified atom stereocenters. The first-order valence-corrected chi connectivity index (χ1v) is 18.6. The van der Waals surface area contributed by atoms with Crippen LogP contribution in [0.3, 0.4) is 0 Å². The Kier molecular flexibility index (Phi) is 10.2. The van der Waals surface area contributed by atoms with Gasteiger partial charge in [-0.15, -0.1) is 0 Å². The van der Waals surface area contributed by atoms with Crippen LogP contribution in [0.1, 0.15) is 65.7 Å². The molecule has 2 aromatic carbocycles. The minimum absolute atomic E-state index is 0.0366. The van der Waals surface area contributed by atoms with Crippen LogP contribution in [-0.2, 0) is 14.2 Å². The Morgan fingerprint density at radius 1 is 1.04 bits per heavy atom. The van der Waals surface area contributed by atoms with Crippen LogP contribution in [-0.4, -0.2) is 112 Å². The molecule has 3 saturated heterocycles. The standard InChI is InChI=1S/C38H49ClFN7O5/c1-22-11-12-25-19-47(29-10-8-9-14-50-29)43-33(25)30(22)31-28(39)16-27-34(32(31)40)41-36(51-21-26-20-44(7)13-15-49-26)42-35(27)45-17-24(3)46(18-23(45)2)37(48)52-38(4,5)6/h11-12,16,19,23-24,26,29H,8-10,13-15,17-18,20-21H2,1-7H3/t23-,24+,26?,29?/m0/s1. The summed E-state index contributed by atoms with van der Waals surface area (Å²) in [6.45, 7) is 15.3. The van der Waals surface area contributed by atoms with Crippen LogP contribution in [0.4, 0.5) is 15.0 Å². The predicted octanol–water partition coefficient (Wildman–Crippen LogP) is 6.99. The highest BCUT2D eigenvalue weighted by molar-refractivity contribution is 6.35. The topological polar surface area (TPSA) is 107 Å². The third kappa shape index (κ3) is 7.37. The molecule has 280 valence electrons. The number of aryl methyl sites for hydroxylation is 1.